The third-order valence-corrected chi connectivity index (χ3v) is 2.77. The number of amides is 1. The smallest absolute Gasteiger partial charge is 0.290 e. The summed E-state index contributed by atoms with van der Waals surface area (Å²) in [6, 6.07) is 5.62. The first-order valence-corrected chi connectivity index (χ1v) is 5.82. The summed E-state index contributed by atoms with van der Waals surface area (Å²) in [5.74, 6) is 1.31. The van der Waals surface area contributed by atoms with E-state index in [0.29, 0.717) is 5.82 Å². The minimum Gasteiger partial charge on any atom is -0.497 e. The zero-order chi connectivity index (χ0) is 14.0. The van der Waals surface area contributed by atoms with E-state index in [2.05, 4.69) is 15.2 Å². The zero-order valence-corrected chi connectivity index (χ0v) is 11.4. The predicted octanol–water partition coefficient (Wildman–Crippen LogP) is 1.49. The molecule has 0 aliphatic heterocycles. The normalized spacial score (nSPS) is 10.3. The molecule has 0 saturated carbocycles. The Kier molecular flexibility index (Phi) is 3.50. The molecular weight excluding hydrogens is 244 g/mol. The third kappa shape index (κ3) is 2.57. The van der Waals surface area contributed by atoms with Crippen molar-refractivity contribution in [1.82, 2.24) is 20.1 Å². The number of hydrogen-bond donors (Lipinski definition) is 1. The third-order valence-electron chi connectivity index (χ3n) is 2.77. The number of rotatable bonds is 3. The summed E-state index contributed by atoms with van der Waals surface area (Å²) in [6.07, 6.45) is 0. The number of nitrogens with zero attached hydrogens (tertiary/aromatic N) is 3. The molecule has 0 radical (unpaired) electrons. The Balaban J connectivity index is 2.35. The Bertz CT molecular complexity index is 604. The number of nitrogens with one attached hydrogen (secondary N) is 1. The number of benzene rings is 1. The largest absolute Gasteiger partial charge is 0.497 e. The topological polar surface area (TPSA) is 71.1 Å². The van der Waals surface area contributed by atoms with Crippen LogP contribution in [-0.2, 0) is 0 Å². The molecule has 6 nitrogen and oxygen atoms in total. The van der Waals surface area contributed by atoms with Crippen molar-refractivity contribution in [2.24, 2.45) is 0 Å². The van der Waals surface area contributed by atoms with Gasteiger partial charge in [0.05, 0.1) is 7.11 Å². The summed E-state index contributed by atoms with van der Waals surface area (Å²) in [5.41, 5.74) is 1.86. The highest BCUT2D eigenvalue weighted by Crippen LogP contribution is 2.24. The Labute approximate surface area is 111 Å². The summed E-state index contributed by atoms with van der Waals surface area (Å²) in [5, 5.41) is 6.74. The van der Waals surface area contributed by atoms with E-state index in [4.69, 9.17) is 4.74 Å². The fourth-order valence-electron chi connectivity index (χ4n) is 1.70. The molecule has 0 saturated heterocycles. The molecule has 1 amide bonds. The molecule has 1 aromatic heterocycles. The second-order valence-corrected chi connectivity index (χ2v) is 4.39. The standard InChI is InChI=1S/C13H16N4O2/c1-8-7-9(19-4)5-6-10(8)11-14-12(16-15-11)13(18)17(2)3/h5-7H,1-4H3,(H,14,15,16). The SMILES string of the molecule is COc1ccc(-c2n[nH]c(C(=O)N(C)C)n2)c(C)c1. The van der Waals surface area contributed by atoms with Crippen LogP contribution in [0, 0.1) is 6.92 Å². The lowest BCUT2D eigenvalue weighted by atomic mass is 10.1. The van der Waals surface area contributed by atoms with Gasteiger partial charge in [0.25, 0.3) is 5.91 Å². The Morgan fingerprint density at radius 2 is 2.11 bits per heavy atom. The Morgan fingerprint density at radius 3 is 2.68 bits per heavy atom. The second-order valence-electron chi connectivity index (χ2n) is 4.39. The van der Waals surface area contributed by atoms with Crippen molar-refractivity contribution in [3.63, 3.8) is 0 Å². The number of carbonyl (C=O) groups excluding carboxylic acids is 1. The van der Waals surface area contributed by atoms with Crippen LogP contribution in [0.25, 0.3) is 11.4 Å². The Morgan fingerprint density at radius 1 is 1.37 bits per heavy atom. The number of aromatic nitrogens is 3. The lowest BCUT2D eigenvalue weighted by Crippen LogP contribution is -2.22. The van der Waals surface area contributed by atoms with Crippen molar-refractivity contribution in [3.05, 3.63) is 29.6 Å². The van der Waals surface area contributed by atoms with Crippen LogP contribution < -0.4 is 4.74 Å². The van der Waals surface area contributed by atoms with Gasteiger partial charge in [-0.1, -0.05) is 0 Å². The van der Waals surface area contributed by atoms with Gasteiger partial charge in [-0.05, 0) is 30.7 Å². The highest BCUT2D eigenvalue weighted by atomic mass is 16.5. The second kappa shape index (κ2) is 5.09. The van der Waals surface area contributed by atoms with Gasteiger partial charge in [0.15, 0.2) is 5.82 Å². The molecule has 0 bridgehead atoms. The van der Waals surface area contributed by atoms with E-state index in [1.807, 2.05) is 25.1 Å². The van der Waals surface area contributed by atoms with E-state index in [1.165, 1.54) is 4.90 Å². The lowest BCUT2D eigenvalue weighted by molar-refractivity contribution is 0.0816. The molecule has 1 aromatic carbocycles. The molecule has 0 spiro atoms. The van der Waals surface area contributed by atoms with Gasteiger partial charge in [0, 0.05) is 19.7 Å². The maximum absolute atomic E-state index is 11.7. The van der Waals surface area contributed by atoms with Crippen molar-refractivity contribution in [2.75, 3.05) is 21.2 Å². The van der Waals surface area contributed by atoms with Crippen LogP contribution in [0.4, 0.5) is 0 Å². The van der Waals surface area contributed by atoms with E-state index in [1.54, 1.807) is 21.2 Å². The Hall–Kier alpha value is -2.37. The van der Waals surface area contributed by atoms with Gasteiger partial charge in [-0.2, -0.15) is 5.10 Å². The van der Waals surface area contributed by atoms with Crippen LogP contribution in [0.2, 0.25) is 0 Å². The van der Waals surface area contributed by atoms with Crippen molar-refractivity contribution in [3.8, 4) is 17.1 Å². The number of methoxy groups -OCH3 is 1. The van der Waals surface area contributed by atoms with Gasteiger partial charge in [-0.15, -0.1) is 0 Å². The first-order chi connectivity index (χ1) is 9.02. The predicted molar refractivity (Wildman–Crippen MR) is 71.1 cm³/mol. The molecule has 2 aromatic rings. The number of ether oxygens (including phenoxy) is 1. The summed E-state index contributed by atoms with van der Waals surface area (Å²) >= 11 is 0. The fourth-order valence-corrected chi connectivity index (χ4v) is 1.70. The van der Waals surface area contributed by atoms with Gasteiger partial charge >= 0.3 is 0 Å². The summed E-state index contributed by atoms with van der Waals surface area (Å²) in [6.45, 7) is 1.95. The number of H-pyrrole nitrogens is 1. The average Bonchev–Trinajstić information content (AvgIpc) is 2.86. The summed E-state index contributed by atoms with van der Waals surface area (Å²) in [7, 11) is 4.96. The van der Waals surface area contributed by atoms with Crippen LogP contribution in [0.5, 0.6) is 5.75 Å². The van der Waals surface area contributed by atoms with Crippen molar-refractivity contribution in [2.45, 2.75) is 6.92 Å². The van der Waals surface area contributed by atoms with Crippen LogP contribution in [-0.4, -0.2) is 47.2 Å². The van der Waals surface area contributed by atoms with Crippen molar-refractivity contribution in [1.29, 1.82) is 0 Å². The molecule has 2 rings (SSSR count). The quantitative estimate of drug-likeness (QED) is 0.907. The lowest BCUT2D eigenvalue weighted by Gasteiger charge is -2.06. The van der Waals surface area contributed by atoms with Crippen LogP contribution in [0.15, 0.2) is 18.2 Å². The minimum atomic E-state index is -0.204. The highest BCUT2D eigenvalue weighted by Gasteiger charge is 2.15. The maximum Gasteiger partial charge on any atom is 0.290 e. The highest BCUT2D eigenvalue weighted by molar-refractivity contribution is 5.90. The van der Waals surface area contributed by atoms with Crippen molar-refractivity contribution < 1.29 is 9.53 Å². The average molecular weight is 260 g/mol. The molecule has 1 heterocycles. The minimum absolute atomic E-state index is 0.204. The van der Waals surface area contributed by atoms with Crippen LogP contribution >= 0.6 is 0 Å². The van der Waals surface area contributed by atoms with Gasteiger partial charge in [-0.3, -0.25) is 9.89 Å². The number of aryl methyl sites for hydroxylation is 1. The van der Waals surface area contributed by atoms with Crippen LogP contribution in [0.3, 0.4) is 0 Å². The fraction of sp³-hybridized carbons (Fsp3) is 0.308. The molecule has 6 heteroatoms. The van der Waals surface area contributed by atoms with E-state index < -0.39 is 0 Å². The summed E-state index contributed by atoms with van der Waals surface area (Å²) in [4.78, 5) is 17.4. The van der Waals surface area contributed by atoms with E-state index in [9.17, 15) is 4.79 Å². The van der Waals surface area contributed by atoms with Gasteiger partial charge in [0.2, 0.25) is 5.82 Å². The molecule has 0 aliphatic carbocycles. The molecule has 19 heavy (non-hydrogen) atoms. The summed E-state index contributed by atoms with van der Waals surface area (Å²) < 4.78 is 5.15. The van der Waals surface area contributed by atoms with E-state index in [-0.39, 0.29) is 11.7 Å². The molecule has 0 atom stereocenters. The number of hydrogen-bond acceptors (Lipinski definition) is 4. The maximum atomic E-state index is 11.7. The van der Waals surface area contributed by atoms with Crippen molar-refractivity contribution >= 4 is 5.91 Å². The number of aromatic amines is 1. The van der Waals surface area contributed by atoms with Gasteiger partial charge in [-0.25, -0.2) is 4.98 Å². The first-order valence-electron chi connectivity index (χ1n) is 5.82. The molecule has 1 N–H and O–H groups in total. The van der Waals surface area contributed by atoms with Crippen LogP contribution in [0.1, 0.15) is 16.2 Å². The number of carbonyl (C=O) groups is 1. The molecule has 100 valence electrons. The zero-order valence-electron chi connectivity index (χ0n) is 11.4. The monoisotopic (exact) mass is 260 g/mol. The molecule has 0 fully saturated rings. The van der Waals surface area contributed by atoms with Gasteiger partial charge in [0.1, 0.15) is 5.75 Å². The molecular formula is C13H16N4O2. The molecule has 0 unspecified atom stereocenters. The van der Waals surface area contributed by atoms with Gasteiger partial charge < -0.3 is 9.64 Å². The van der Waals surface area contributed by atoms with E-state index >= 15 is 0 Å². The molecule has 0 aliphatic rings. The first kappa shape index (κ1) is 13.1. The van der Waals surface area contributed by atoms with E-state index in [0.717, 1.165) is 16.9 Å².